The number of rotatable bonds is 4. The number of amides is 1. The SMILES string of the molecule is O=C(/C=C/c1ccc(F)cc1)NCc1ccco1. The minimum atomic E-state index is -0.297. The van der Waals surface area contributed by atoms with Crippen LogP contribution in [0, 0.1) is 5.82 Å². The first-order valence-corrected chi connectivity index (χ1v) is 5.48. The number of carbonyl (C=O) groups excluding carboxylic acids is 1. The van der Waals surface area contributed by atoms with Crippen molar-refractivity contribution in [2.75, 3.05) is 0 Å². The molecular weight excluding hydrogens is 233 g/mol. The van der Waals surface area contributed by atoms with Crippen molar-refractivity contribution in [1.29, 1.82) is 0 Å². The Balaban J connectivity index is 1.85. The first kappa shape index (κ1) is 12.1. The van der Waals surface area contributed by atoms with Gasteiger partial charge < -0.3 is 9.73 Å². The highest BCUT2D eigenvalue weighted by atomic mass is 19.1. The molecule has 4 heteroatoms. The van der Waals surface area contributed by atoms with Crippen LogP contribution >= 0.6 is 0 Å². The molecule has 0 saturated carbocycles. The predicted molar refractivity (Wildman–Crippen MR) is 66.0 cm³/mol. The molecule has 0 aliphatic rings. The van der Waals surface area contributed by atoms with E-state index in [0.29, 0.717) is 12.3 Å². The topological polar surface area (TPSA) is 42.2 Å². The zero-order chi connectivity index (χ0) is 12.8. The number of halogens is 1. The van der Waals surface area contributed by atoms with Gasteiger partial charge in [0.15, 0.2) is 0 Å². The summed E-state index contributed by atoms with van der Waals surface area (Å²) in [5.74, 6) is 0.170. The lowest BCUT2D eigenvalue weighted by Crippen LogP contribution is -2.19. The van der Waals surface area contributed by atoms with Gasteiger partial charge in [-0.1, -0.05) is 12.1 Å². The Morgan fingerprint density at radius 3 is 2.72 bits per heavy atom. The van der Waals surface area contributed by atoms with Crippen molar-refractivity contribution >= 4 is 12.0 Å². The van der Waals surface area contributed by atoms with Crippen molar-refractivity contribution < 1.29 is 13.6 Å². The fourth-order valence-electron chi connectivity index (χ4n) is 1.39. The molecule has 3 nitrogen and oxygen atoms in total. The molecule has 1 N–H and O–H groups in total. The van der Waals surface area contributed by atoms with Crippen LogP contribution in [0.5, 0.6) is 0 Å². The van der Waals surface area contributed by atoms with Crippen LogP contribution in [0.25, 0.3) is 6.08 Å². The van der Waals surface area contributed by atoms with E-state index in [1.54, 1.807) is 36.6 Å². The molecule has 0 spiro atoms. The second kappa shape index (κ2) is 5.82. The molecule has 0 fully saturated rings. The van der Waals surface area contributed by atoms with E-state index in [1.165, 1.54) is 18.2 Å². The molecule has 1 heterocycles. The van der Waals surface area contributed by atoms with E-state index in [-0.39, 0.29) is 11.7 Å². The summed E-state index contributed by atoms with van der Waals surface area (Å²) in [6.07, 6.45) is 4.57. The van der Waals surface area contributed by atoms with Gasteiger partial charge >= 0.3 is 0 Å². The lowest BCUT2D eigenvalue weighted by Gasteiger charge is -1.98. The van der Waals surface area contributed by atoms with Gasteiger partial charge in [-0.05, 0) is 35.9 Å². The number of hydrogen-bond acceptors (Lipinski definition) is 2. The van der Waals surface area contributed by atoms with Gasteiger partial charge in [-0.25, -0.2) is 4.39 Å². The van der Waals surface area contributed by atoms with Crippen molar-refractivity contribution in [1.82, 2.24) is 5.32 Å². The second-order valence-electron chi connectivity index (χ2n) is 3.68. The summed E-state index contributed by atoms with van der Waals surface area (Å²) in [7, 11) is 0. The van der Waals surface area contributed by atoms with Crippen molar-refractivity contribution in [2.24, 2.45) is 0 Å². The normalized spacial score (nSPS) is 10.7. The standard InChI is InChI=1S/C14H12FNO2/c15-12-6-3-11(4-7-12)5-8-14(17)16-10-13-2-1-9-18-13/h1-9H,10H2,(H,16,17)/b8-5+. The quantitative estimate of drug-likeness (QED) is 0.841. The van der Waals surface area contributed by atoms with Crippen LogP contribution in [0.3, 0.4) is 0 Å². The van der Waals surface area contributed by atoms with Gasteiger partial charge in [0.25, 0.3) is 0 Å². The van der Waals surface area contributed by atoms with Crippen LogP contribution in [-0.2, 0) is 11.3 Å². The highest BCUT2D eigenvalue weighted by Crippen LogP contribution is 2.04. The van der Waals surface area contributed by atoms with E-state index in [1.807, 2.05) is 0 Å². The Labute approximate surface area is 104 Å². The fraction of sp³-hybridized carbons (Fsp3) is 0.0714. The predicted octanol–water partition coefficient (Wildman–Crippen LogP) is 2.75. The highest BCUT2D eigenvalue weighted by Gasteiger charge is 1.98. The lowest BCUT2D eigenvalue weighted by atomic mass is 10.2. The van der Waals surface area contributed by atoms with Crippen LogP contribution in [0.4, 0.5) is 4.39 Å². The van der Waals surface area contributed by atoms with E-state index in [2.05, 4.69) is 5.32 Å². The molecule has 2 aromatic rings. The summed E-state index contributed by atoms with van der Waals surface area (Å²) in [4.78, 5) is 11.5. The third kappa shape index (κ3) is 3.59. The molecular formula is C14H12FNO2. The molecule has 92 valence electrons. The van der Waals surface area contributed by atoms with Crippen LogP contribution in [-0.4, -0.2) is 5.91 Å². The van der Waals surface area contributed by atoms with Crippen molar-refractivity contribution in [2.45, 2.75) is 6.54 Å². The van der Waals surface area contributed by atoms with Gasteiger partial charge in [-0.2, -0.15) is 0 Å². The summed E-state index contributed by atoms with van der Waals surface area (Å²) in [6.45, 7) is 0.347. The maximum atomic E-state index is 12.6. The Morgan fingerprint density at radius 2 is 2.06 bits per heavy atom. The second-order valence-corrected chi connectivity index (χ2v) is 3.68. The number of nitrogens with one attached hydrogen (secondary N) is 1. The molecule has 1 amide bonds. The summed E-state index contributed by atoms with van der Waals surface area (Å²) < 4.78 is 17.7. The van der Waals surface area contributed by atoms with Gasteiger partial charge in [0.2, 0.25) is 5.91 Å². The number of furan rings is 1. The molecule has 2 rings (SSSR count). The van der Waals surface area contributed by atoms with Crippen LogP contribution in [0.1, 0.15) is 11.3 Å². The molecule has 1 aromatic carbocycles. The van der Waals surface area contributed by atoms with Gasteiger partial charge in [0.05, 0.1) is 12.8 Å². The Morgan fingerprint density at radius 1 is 1.28 bits per heavy atom. The average Bonchev–Trinajstić information content (AvgIpc) is 2.89. The highest BCUT2D eigenvalue weighted by molar-refractivity contribution is 5.91. The zero-order valence-corrected chi connectivity index (χ0v) is 9.60. The first-order valence-electron chi connectivity index (χ1n) is 5.48. The Bertz CT molecular complexity index is 529. The van der Waals surface area contributed by atoms with Crippen LogP contribution in [0.2, 0.25) is 0 Å². The smallest absolute Gasteiger partial charge is 0.244 e. The molecule has 1 aromatic heterocycles. The number of carbonyl (C=O) groups is 1. The minimum Gasteiger partial charge on any atom is -0.467 e. The molecule has 0 aliphatic carbocycles. The van der Waals surface area contributed by atoms with Gasteiger partial charge in [-0.3, -0.25) is 4.79 Å². The first-order chi connectivity index (χ1) is 8.74. The van der Waals surface area contributed by atoms with Crippen molar-refractivity contribution in [3.8, 4) is 0 Å². The minimum absolute atomic E-state index is 0.226. The summed E-state index contributed by atoms with van der Waals surface area (Å²) in [5.41, 5.74) is 0.768. The van der Waals surface area contributed by atoms with Gasteiger partial charge in [0.1, 0.15) is 11.6 Å². The van der Waals surface area contributed by atoms with Crippen molar-refractivity contribution in [3.05, 3.63) is 65.9 Å². The molecule has 0 unspecified atom stereocenters. The van der Waals surface area contributed by atoms with Crippen LogP contribution in [0.15, 0.2) is 53.2 Å². The number of hydrogen-bond donors (Lipinski definition) is 1. The molecule has 0 radical (unpaired) electrons. The van der Waals surface area contributed by atoms with Gasteiger partial charge in [-0.15, -0.1) is 0 Å². The van der Waals surface area contributed by atoms with Crippen molar-refractivity contribution in [3.63, 3.8) is 0 Å². The lowest BCUT2D eigenvalue weighted by molar-refractivity contribution is -0.116. The molecule has 0 aliphatic heterocycles. The molecule has 0 saturated heterocycles. The monoisotopic (exact) mass is 245 g/mol. The van der Waals surface area contributed by atoms with E-state index in [0.717, 1.165) is 5.56 Å². The zero-order valence-electron chi connectivity index (χ0n) is 9.60. The third-order valence-corrected chi connectivity index (χ3v) is 2.31. The maximum Gasteiger partial charge on any atom is 0.244 e. The molecule has 18 heavy (non-hydrogen) atoms. The van der Waals surface area contributed by atoms with E-state index in [4.69, 9.17) is 4.42 Å². The molecule has 0 atom stereocenters. The Kier molecular flexibility index (Phi) is 3.91. The Hall–Kier alpha value is -2.36. The van der Waals surface area contributed by atoms with Crippen LogP contribution < -0.4 is 5.32 Å². The summed E-state index contributed by atoms with van der Waals surface area (Å²) >= 11 is 0. The van der Waals surface area contributed by atoms with E-state index < -0.39 is 0 Å². The largest absolute Gasteiger partial charge is 0.467 e. The number of benzene rings is 1. The maximum absolute atomic E-state index is 12.6. The van der Waals surface area contributed by atoms with Gasteiger partial charge in [0, 0.05) is 6.08 Å². The summed E-state index contributed by atoms with van der Waals surface area (Å²) in [6, 6.07) is 9.44. The summed E-state index contributed by atoms with van der Waals surface area (Å²) in [5, 5.41) is 2.67. The average molecular weight is 245 g/mol. The van der Waals surface area contributed by atoms with E-state index >= 15 is 0 Å². The fourth-order valence-corrected chi connectivity index (χ4v) is 1.39. The third-order valence-electron chi connectivity index (χ3n) is 2.31. The van der Waals surface area contributed by atoms with E-state index in [9.17, 15) is 9.18 Å². The molecule has 0 bridgehead atoms.